The number of cyclic esters (lactones) is 1. The first-order valence-electron chi connectivity index (χ1n) is 12.7. The van der Waals surface area contributed by atoms with Gasteiger partial charge in [-0.05, 0) is 43.9 Å². The molecule has 1 aliphatic heterocycles. The number of fused-ring (bicyclic) bond motifs is 2. The molecule has 0 bridgehead atoms. The van der Waals surface area contributed by atoms with Crippen molar-refractivity contribution in [3.05, 3.63) is 47.4 Å². The third kappa shape index (κ3) is 4.80. The first-order chi connectivity index (χ1) is 17.9. The first kappa shape index (κ1) is 26.3. The number of pyridine rings is 3. The highest BCUT2D eigenvalue weighted by Crippen LogP contribution is 2.38. The number of hydrogen-bond donors (Lipinski definition) is 2. The van der Waals surface area contributed by atoms with Gasteiger partial charge in [0, 0.05) is 43.0 Å². The molecule has 5 rings (SSSR count). The second-order valence-corrected chi connectivity index (χ2v) is 12.9. The van der Waals surface area contributed by atoms with E-state index in [1.807, 2.05) is 26.8 Å². The van der Waals surface area contributed by atoms with Crippen molar-refractivity contribution in [1.82, 2.24) is 15.0 Å². The Morgan fingerprint density at radius 3 is 2.58 bits per heavy atom. The van der Waals surface area contributed by atoms with Crippen LogP contribution in [-0.4, -0.2) is 58.2 Å². The van der Waals surface area contributed by atoms with E-state index in [4.69, 9.17) is 9.47 Å². The van der Waals surface area contributed by atoms with Crippen LogP contribution >= 0.6 is 0 Å². The van der Waals surface area contributed by atoms with Crippen LogP contribution in [0.5, 0.6) is 5.88 Å². The lowest BCUT2D eigenvalue weighted by molar-refractivity contribution is 0.0235. The molecule has 0 amide bonds. The Morgan fingerprint density at radius 1 is 1.16 bits per heavy atom. The summed E-state index contributed by atoms with van der Waals surface area (Å²) in [5.74, 6) is 0.934. The Labute approximate surface area is 221 Å². The van der Waals surface area contributed by atoms with Crippen LogP contribution in [0.2, 0.25) is 0 Å². The summed E-state index contributed by atoms with van der Waals surface area (Å²) in [6.07, 6.45) is 5.24. The monoisotopic (exact) mass is 540 g/mol. The Bertz CT molecular complexity index is 1520. The highest BCUT2D eigenvalue weighted by atomic mass is 32.2. The van der Waals surface area contributed by atoms with Gasteiger partial charge in [-0.2, -0.15) is 0 Å². The fourth-order valence-electron chi connectivity index (χ4n) is 4.77. The van der Waals surface area contributed by atoms with Gasteiger partial charge in [0.1, 0.15) is 23.8 Å². The molecule has 38 heavy (non-hydrogen) atoms. The van der Waals surface area contributed by atoms with Gasteiger partial charge in [0.25, 0.3) is 0 Å². The number of nitrogens with zero attached hydrogens (tertiary/aromatic N) is 3. The molecule has 3 aromatic rings. The van der Waals surface area contributed by atoms with Gasteiger partial charge in [-0.3, -0.25) is 0 Å². The first-order valence-corrected chi connectivity index (χ1v) is 14.7. The maximum Gasteiger partial charge on any atom is 0.340 e. The molecule has 0 unspecified atom stereocenters. The van der Waals surface area contributed by atoms with Crippen LogP contribution in [0.3, 0.4) is 0 Å². The fraction of sp³-hybridized carbons (Fsp3) is 0.481. The van der Waals surface area contributed by atoms with Crippen LogP contribution in [0.15, 0.2) is 30.6 Å². The summed E-state index contributed by atoms with van der Waals surface area (Å²) in [6.45, 7) is 7.43. The number of anilines is 2. The molecular weight excluding hydrogens is 508 g/mol. The van der Waals surface area contributed by atoms with Crippen molar-refractivity contribution < 1.29 is 27.8 Å². The number of aliphatic hydroxyl groups is 1. The average molecular weight is 541 g/mol. The number of rotatable bonds is 7. The van der Waals surface area contributed by atoms with Crippen LogP contribution in [-0.2, 0) is 20.2 Å². The van der Waals surface area contributed by atoms with Gasteiger partial charge in [0.15, 0.2) is 9.84 Å². The van der Waals surface area contributed by atoms with Gasteiger partial charge in [-0.25, -0.2) is 28.2 Å². The standard InChI is InChI=1S/C27H32N4O6S/c1-6-27(4,33)21-13-29-25(37-16-9-17(10-16)38(5,34)35)20-12-28-23(11-19(20)21)30-22-8-7-18-24(31-22)14(2)15(3)36-26(18)32/h7-8,11-17,33H,6,9-10H2,1-5H3,(H,28,30,31)/t14-,15-,16?,17?,27+/m0/s1. The lowest BCUT2D eigenvalue weighted by Crippen LogP contribution is -2.42. The zero-order chi connectivity index (χ0) is 27.4. The summed E-state index contributed by atoms with van der Waals surface area (Å²) in [7, 11) is -3.10. The maximum absolute atomic E-state index is 12.3. The van der Waals surface area contributed by atoms with Crippen molar-refractivity contribution in [1.29, 1.82) is 0 Å². The van der Waals surface area contributed by atoms with Gasteiger partial charge >= 0.3 is 5.97 Å². The van der Waals surface area contributed by atoms with E-state index >= 15 is 0 Å². The molecule has 11 heteroatoms. The molecule has 1 aliphatic carbocycles. The molecule has 2 aliphatic rings. The molecule has 0 spiro atoms. The Balaban J connectivity index is 1.48. The van der Waals surface area contributed by atoms with Crippen molar-refractivity contribution in [3.8, 4) is 5.88 Å². The molecule has 10 nitrogen and oxygen atoms in total. The number of aromatic nitrogens is 3. The van der Waals surface area contributed by atoms with E-state index in [9.17, 15) is 18.3 Å². The molecule has 0 saturated heterocycles. The van der Waals surface area contributed by atoms with E-state index in [-0.39, 0.29) is 24.1 Å². The molecular formula is C27H32N4O6S. The summed E-state index contributed by atoms with van der Waals surface area (Å²) < 4.78 is 35.0. The number of carbonyl (C=O) groups is 1. The normalized spacial score (nSPS) is 24.6. The van der Waals surface area contributed by atoms with Crippen LogP contribution < -0.4 is 10.1 Å². The van der Waals surface area contributed by atoms with E-state index in [0.717, 1.165) is 0 Å². The van der Waals surface area contributed by atoms with Gasteiger partial charge in [-0.15, -0.1) is 0 Å². The third-order valence-corrected chi connectivity index (χ3v) is 9.36. The Hall–Kier alpha value is -3.31. The number of sulfone groups is 1. The number of esters is 1. The Morgan fingerprint density at radius 2 is 1.89 bits per heavy atom. The smallest absolute Gasteiger partial charge is 0.340 e. The lowest BCUT2D eigenvalue weighted by Gasteiger charge is -2.34. The van der Waals surface area contributed by atoms with Crippen molar-refractivity contribution in [2.45, 2.75) is 75.9 Å². The average Bonchev–Trinajstić information content (AvgIpc) is 2.83. The SMILES string of the molecule is CC[C@@](C)(O)c1cnc(OC2CC(S(C)(=O)=O)C2)c2cnc(Nc3ccc4c(n3)[C@@H](C)[C@H](C)OC4=O)cc12. The molecule has 3 aromatic heterocycles. The lowest BCUT2D eigenvalue weighted by atomic mass is 9.91. The second-order valence-electron chi connectivity index (χ2n) is 10.5. The minimum atomic E-state index is -3.10. The second kappa shape index (κ2) is 9.46. The van der Waals surface area contributed by atoms with E-state index in [1.165, 1.54) is 6.26 Å². The van der Waals surface area contributed by atoms with Crippen LogP contribution in [0.1, 0.15) is 74.5 Å². The maximum atomic E-state index is 12.3. The highest BCUT2D eigenvalue weighted by molar-refractivity contribution is 7.91. The predicted octanol–water partition coefficient (Wildman–Crippen LogP) is 4.00. The summed E-state index contributed by atoms with van der Waals surface area (Å²) in [5.41, 5.74) is 0.604. The van der Waals surface area contributed by atoms with Crippen molar-refractivity contribution in [2.75, 3.05) is 11.6 Å². The van der Waals surface area contributed by atoms with Gasteiger partial charge < -0.3 is 19.9 Å². The molecule has 4 heterocycles. The molecule has 0 aromatic carbocycles. The number of hydrogen-bond acceptors (Lipinski definition) is 10. The van der Waals surface area contributed by atoms with Crippen molar-refractivity contribution in [2.24, 2.45) is 0 Å². The van der Waals surface area contributed by atoms with E-state index in [0.29, 0.717) is 64.4 Å². The number of nitrogens with one attached hydrogen (secondary N) is 1. The number of carbonyl (C=O) groups excluding carboxylic acids is 1. The van der Waals surface area contributed by atoms with Gasteiger partial charge in [0.05, 0.1) is 27.5 Å². The molecule has 1 fully saturated rings. The molecule has 2 N–H and O–H groups in total. The van der Waals surface area contributed by atoms with Gasteiger partial charge in [-0.1, -0.05) is 13.8 Å². The minimum absolute atomic E-state index is 0.0557. The summed E-state index contributed by atoms with van der Waals surface area (Å²) in [4.78, 5) is 25.9. The molecule has 202 valence electrons. The van der Waals surface area contributed by atoms with Crippen molar-refractivity contribution >= 4 is 38.2 Å². The molecule has 3 atom stereocenters. The number of ether oxygens (including phenoxy) is 2. The van der Waals surface area contributed by atoms with E-state index < -0.39 is 20.7 Å². The topological polar surface area (TPSA) is 141 Å². The zero-order valence-electron chi connectivity index (χ0n) is 22.1. The summed E-state index contributed by atoms with van der Waals surface area (Å²) >= 11 is 0. The Kier molecular flexibility index (Phi) is 6.55. The quantitative estimate of drug-likeness (QED) is 0.422. The fourth-order valence-corrected chi connectivity index (χ4v) is 5.89. The predicted molar refractivity (Wildman–Crippen MR) is 142 cm³/mol. The minimum Gasteiger partial charge on any atom is -0.474 e. The van der Waals surface area contributed by atoms with Crippen LogP contribution in [0.4, 0.5) is 11.6 Å². The van der Waals surface area contributed by atoms with E-state index in [2.05, 4.69) is 20.3 Å². The largest absolute Gasteiger partial charge is 0.474 e. The molecule has 1 saturated carbocycles. The zero-order valence-corrected chi connectivity index (χ0v) is 22.9. The third-order valence-electron chi connectivity index (χ3n) is 7.77. The van der Waals surface area contributed by atoms with E-state index in [1.54, 1.807) is 31.5 Å². The van der Waals surface area contributed by atoms with Crippen molar-refractivity contribution in [3.63, 3.8) is 0 Å². The summed E-state index contributed by atoms with van der Waals surface area (Å²) in [6, 6.07) is 5.21. The van der Waals surface area contributed by atoms with Gasteiger partial charge in [0.2, 0.25) is 5.88 Å². The van der Waals surface area contributed by atoms with Crippen LogP contribution in [0.25, 0.3) is 10.8 Å². The molecule has 0 radical (unpaired) electrons. The summed E-state index contributed by atoms with van der Waals surface area (Å²) in [5, 5.41) is 15.2. The van der Waals surface area contributed by atoms with Crippen LogP contribution in [0, 0.1) is 0 Å². The highest BCUT2D eigenvalue weighted by Gasteiger charge is 2.38.